The Morgan fingerprint density at radius 1 is 1.40 bits per heavy atom. The highest BCUT2D eigenvalue weighted by atomic mass is 16.4. The first kappa shape index (κ1) is 15.5. The molecule has 0 radical (unpaired) electrons. The summed E-state index contributed by atoms with van der Waals surface area (Å²) < 4.78 is 0. The van der Waals surface area contributed by atoms with Gasteiger partial charge in [-0.3, -0.25) is 9.59 Å². The highest BCUT2D eigenvalue weighted by Gasteiger charge is 2.18. The van der Waals surface area contributed by atoms with Crippen molar-refractivity contribution in [2.45, 2.75) is 6.92 Å². The van der Waals surface area contributed by atoms with E-state index in [1.165, 1.54) is 24.9 Å². The van der Waals surface area contributed by atoms with Crippen molar-refractivity contribution in [1.29, 1.82) is 0 Å². The molecule has 1 unspecified atom stereocenters. The van der Waals surface area contributed by atoms with Gasteiger partial charge in [-0.05, 0) is 18.2 Å². The summed E-state index contributed by atoms with van der Waals surface area (Å²) in [6, 6.07) is 5.54. The van der Waals surface area contributed by atoms with Gasteiger partial charge in [-0.15, -0.1) is 0 Å². The number of nitrogens with one attached hydrogen (secondary N) is 1. The fraction of sp³-hybridized carbons (Fsp3) is 0.308. The predicted molar refractivity (Wildman–Crippen MR) is 73.4 cm³/mol. The van der Waals surface area contributed by atoms with Crippen molar-refractivity contribution < 1.29 is 19.5 Å². The lowest BCUT2D eigenvalue weighted by atomic mass is 10.1. The zero-order valence-electron chi connectivity index (χ0n) is 11.3. The molecule has 3 amide bonds. The second kappa shape index (κ2) is 6.55. The second-order valence-electron chi connectivity index (χ2n) is 4.50. The van der Waals surface area contributed by atoms with Crippen LogP contribution >= 0.6 is 0 Å². The van der Waals surface area contributed by atoms with Crippen LogP contribution in [0.4, 0.5) is 10.5 Å². The van der Waals surface area contributed by atoms with Gasteiger partial charge in [0.15, 0.2) is 0 Å². The van der Waals surface area contributed by atoms with E-state index < -0.39 is 17.9 Å². The second-order valence-corrected chi connectivity index (χ2v) is 4.50. The molecule has 0 heterocycles. The topological polar surface area (TPSA) is 113 Å². The summed E-state index contributed by atoms with van der Waals surface area (Å²) in [5.74, 6) is -1.95. The van der Waals surface area contributed by atoms with Crippen LogP contribution in [0.3, 0.4) is 0 Å². The first-order valence-corrected chi connectivity index (χ1v) is 5.96. The van der Waals surface area contributed by atoms with Gasteiger partial charge in [-0.25, -0.2) is 4.79 Å². The van der Waals surface area contributed by atoms with Gasteiger partial charge >= 0.3 is 12.0 Å². The summed E-state index contributed by atoms with van der Waals surface area (Å²) in [6.45, 7) is 1.62. The molecule has 0 aliphatic heterocycles. The van der Waals surface area contributed by atoms with Crippen molar-refractivity contribution in [3.8, 4) is 0 Å². The molecule has 0 aliphatic rings. The molecular weight excluding hydrogens is 262 g/mol. The predicted octanol–water partition coefficient (Wildman–Crippen LogP) is 0.970. The number of primary amides is 1. The molecule has 108 valence electrons. The third-order valence-corrected chi connectivity index (χ3v) is 2.69. The van der Waals surface area contributed by atoms with Crippen LogP contribution in [0.2, 0.25) is 0 Å². The first-order chi connectivity index (χ1) is 9.31. The van der Waals surface area contributed by atoms with E-state index in [0.29, 0.717) is 11.3 Å². The summed E-state index contributed by atoms with van der Waals surface area (Å²) in [5.41, 5.74) is 5.75. The fourth-order valence-corrected chi connectivity index (χ4v) is 1.66. The molecule has 0 bridgehead atoms. The largest absolute Gasteiger partial charge is 0.481 e. The molecule has 1 atom stereocenters. The van der Waals surface area contributed by atoms with E-state index in [1.54, 1.807) is 18.2 Å². The SMILES string of the molecule is CC(CN(C)C(=O)c1cccc(NC(N)=O)c1)C(=O)O. The Labute approximate surface area is 116 Å². The maximum absolute atomic E-state index is 12.1. The number of nitrogens with zero attached hydrogens (tertiary/aromatic N) is 1. The average Bonchev–Trinajstić information content (AvgIpc) is 2.37. The molecule has 0 saturated heterocycles. The summed E-state index contributed by atoms with van der Waals surface area (Å²) in [5, 5.41) is 11.2. The molecule has 7 nitrogen and oxygen atoms in total. The van der Waals surface area contributed by atoms with E-state index in [1.807, 2.05) is 0 Å². The van der Waals surface area contributed by atoms with Gasteiger partial charge in [-0.1, -0.05) is 13.0 Å². The van der Waals surface area contributed by atoms with Crippen molar-refractivity contribution in [2.75, 3.05) is 18.9 Å². The van der Waals surface area contributed by atoms with Gasteiger partial charge in [0.25, 0.3) is 5.91 Å². The average molecular weight is 279 g/mol. The van der Waals surface area contributed by atoms with Gasteiger partial charge in [0, 0.05) is 24.8 Å². The molecule has 1 aromatic carbocycles. The van der Waals surface area contributed by atoms with Gasteiger partial charge < -0.3 is 21.1 Å². The molecule has 20 heavy (non-hydrogen) atoms. The number of carbonyl (C=O) groups excluding carboxylic acids is 2. The van der Waals surface area contributed by atoms with Crippen LogP contribution in [0.5, 0.6) is 0 Å². The minimum Gasteiger partial charge on any atom is -0.481 e. The summed E-state index contributed by atoms with van der Waals surface area (Å²) in [6.07, 6.45) is 0. The number of rotatable bonds is 5. The minimum atomic E-state index is -0.964. The number of carboxylic acids is 1. The standard InChI is InChI=1S/C13H17N3O4/c1-8(12(18)19)7-16(2)11(17)9-4-3-5-10(6-9)15-13(14)20/h3-6,8H,7H2,1-2H3,(H,18,19)(H3,14,15,20). The molecule has 1 rings (SSSR count). The number of carbonyl (C=O) groups is 3. The summed E-state index contributed by atoms with van der Waals surface area (Å²) >= 11 is 0. The Morgan fingerprint density at radius 3 is 2.60 bits per heavy atom. The molecule has 0 saturated carbocycles. The quantitative estimate of drug-likeness (QED) is 0.745. The number of benzene rings is 1. The van der Waals surface area contributed by atoms with Gasteiger partial charge in [0.2, 0.25) is 0 Å². The normalized spacial score (nSPS) is 11.5. The fourth-order valence-electron chi connectivity index (χ4n) is 1.66. The minimum absolute atomic E-state index is 0.0989. The summed E-state index contributed by atoms with van der Waals surface area (Å²) in [7, 11) is 1.52. The molecular formula is C13H17N3O4. The number of hydrogen-bond donors (Lipinski definition) is 3. The Balaban J connectivity index is 2.81. The Morgan fingerprint density at radius 2 is 2.05 bits per heavy atom. The van der Waals surface area contributed by atoms with E-state index in [-0.39, 0.29) is 12.5 Å². The number of nitrogens with two attached hydrogens (primary N) is 1. The molecule has 4 N–H and O–H groups in total. The van der Waals surface area contributed by atoms with Crippen molar-refractivity contribution >= 4 is 23.6 Å². The molecule has 0 spiro atoms. The van der Waals surface area contributed by atoms with Crippen molar-refractivity contribution in [1.82, 2.24) is 4.90 Å². The number of carboxylic acid groups (broad SMARTS) is 1. The monoisotopic (exact) mass is 279 g/mol. The van der Waals surface area contributed by atoms with Crippen LogP contribution in [-0.4, -0.2) is 41.5 Å². The van der Waals surface area contributed by atoms with Crippen molar-refractivity contribution in [2.24, 2.45) is 11.7 Å². The number of hydrogen-bond acceptors (Lipinski definition) is 3. The van der Waals surface area contributed by atoms with Crippen molar-refractivity contribution in [3.63, 3.8) is 0 Å². The number of anilines is 1. The van der Waals surface area contributed by atoms with Gasteiger partial charge in [0.1, 0.15) is 0 Å². The van der Waals surface area contributed by atoms with Gasteiger partial charge in [0.05, 0.1) is 5.92 Å². The van der Waals surface area contributed by atoms with Crippen LogP contribution in [0.15, 0.2) is 24.3 Å². The smallest absolute Gasteiger partial charge is 0.316 e. The Bertz CT molecular complexity index is 530. The molecule has 0 aliphatic carbocycles. The zero-order chi connectivity index (χ0) is 15.3. The van der Waals surface area contributed by atoms with Crippen LogP contribution in [-0.2, 0) is 4.79 Å². The molecule has 0 fully saturated rings. The zero-order valence-corrected chi connectivity index (χ0v) is 11.3. The lowest BCUT2D eigenvalue weighted by Gasteiger charge is -2.19. The maximum Gasteiger partial charge on any atom is 0.316 e. The van der Waals surface area contributed by atoms with Gasteiger partial charge in [-0.2, -0.15) is 0 Å². The number of aliphatic carboxylic acids is 1. The molecule has 7 heteroatoms. The summed E-state index contributed by atoms with van der Waals surface area (Å²) in [4.78, 5) is 35.0. The third-order valence-electron chi connectivity index (χ3n) is 2.69. The number of amides is 3. The third kappa shape index (κ3) is 4.27. The van der Waals surface area contributed by atoms with Crippen molar-refractivity contribution in [3.05, 3.63) is 29.8 Å². The lowest BCUT2D eigenvalue weighted by Crippen LogP contribution is -2.33. The highest BCUT2D eigenvalue weighted by Crippen LogP contribution is 2.13. The lowest BCUT2D eigenvalue weighted by molar-refractivity contribution is -0.141. The van der Waals surface area contributed by atoms with Crippen LogP contribution in [0.25, 0.3) is 0 Å². The van der Waals surface area contributed by atoms with E-state index in [4.69, 9.17) is 10.8 Å². The molecule has 1 aromatic rings. The van der Waals surface area contributed by atoms with Crippen LogP contribution in [0.1, 0.15) is 17.3 Å². The van der Waals surface area contributed by atoms with E-state index in [9.17, 15) is 14.4 Å². The van der Waals surface area contributed by atoms with E-state index in [2.05, 4.69) is 5.32 Å². The van der Waals surface area contributed by atoms with E-state index in [0.717, 1.165) is 0 Å². The van der Waals surface area contributed by atoms with Crippen LogP contribution < -0.4 is 11.1 Å². The van der Waals surface area contributed by atoms with Crippen LogP contribution in [0, 0.1) is 5.92 Å². The van der Waals surface area contributed by atoms with E-state index >= 15 is 0 Å². The Hall–Kier alpha value is -2.57. The Kier molecular flexibility index (Phi) is 5.08. The molecule has 0 aromatic heterocycles. The number of urea groups is 1. The highest BCUT2D eigenvalue weighted by molar-refractivity contribution is 5.96. The first-order valence-electron chi connectivity index (χ1n) is 5.96. The maximum atomic E-state index is 12.1.